The van der Waals surface area contributed by atoms with Crippen LogP contribution in [0.1, 0.15) is 348 Å². The van der Waals surface area contributed by atoms with Crippen LogP contribution in [0.15, 0.2) is 85.1 Å². The Kier molecular flexibility index (Phi) is 65.2. The topological polar surface area (TPSA) is 78.9 Å². The SMILES string of the molecule is CC/C=C\C/C=C\C/C=C\C/C=C\C/C=C\C/C=C\CCCCCCCCCCCCCCCCC(=O)OCC(COC(=O)CCCCCCCCCC)OC(=O)CCCCCCCCCCC/C=C\CCCCCCCCCC. The van der Waals surface area contributed by atoms with Crippen molar-refractivity contribution in [2.75, 3.05) is 13.2 Å². The lowest BCUT2D eigenvalue weighted by Crippen LogP contribution is -2.30. The van der Waals surface area contributed by atoms with Gasteiger partial charge in [0.1, 0.15) is 13.2 Å². The third-order valence-electron chi connectivity index (χ3n) is 15.1. The Hall–Kier alpha value is -3.41. The van der Waals surface area contributed by atoms with Gasteiger partial charge in [-0.15, -0.1) is 0 Å². The van der Waals surface area contributed by atoms with Gasteiger partial charge in [-0.3, -0.25) is 14.4 Å². The van der Waals surface area contributed by atoms with Crippen LogP contribution < -0.4 is 0 Å². The molecular formula is C74H130O6. The van der Waals surface area contributed by atoms with Gasteiger partial charge in [0.2, 0.25) is 0 Å². The normalized spacial score (nSPS) is 12.6. The highest BCUT2D eigenvalue weighted by molar-refractivity contribution is 5.71. The number of carbonyl (C=O) groups is 3. The molecule has 0 heterocycles. The molecule has 1 atom stereocenters. The van der Waals surface area contributed by atoms with Gasteiger partial charge in [0.25, 0.3) is 0 Å². The maximum atomic E-state index is 12.9. The van der Waals surface area contributed by atoms with E-state index in [0.717, 1.165) is 96.3 Å². The molecule has 0 amide bonds. The van der Waals surface area contributed by atoms with E-state index in [9.17, 15) is 14.4 Å². The summed E-state index contributed by atoms with van der Waals surface area (Å²) < 4.78 is 16.9. The predicted molar refractivity (Wildman–Crippen MR) is 348 cm³/mol. The minimum atomic E-state index is -0.774. The lowest BCUT2D eigenvalue weighted by Gasteiger charge is -2.18. The number of esters is 3. The molecule has 0 fully saturated rings. The highest BCUT2D eigenvalue weighted by Gasteiger charge is 2.19. The highest BCUT2D eigenvalue weighted by Crippen LogP contribution is 2.17. The van der Waals surface area contributed by atoms with E-state index < -0.39 is 6.10 Å². The molecule has 462 valence electrons. The molecule has 0 saturated carbocycles. The van der Waals surface area contributed by atoms with E-state index in [0.29, 0.717) is 19.3 Å². The molecule has 0 spiro atoms. The van der Waals surface area contributed by atoms with Crippen molar-refractivity contribution in [3.05, 3.63) is 85.1 Å². The first kappa shape index (κ1) is 76.6. The molecule has 80 heavy (non-hydrogen) atoms. The summed E-state index contributed by atoms with van der Waals surface area (Å²) in [7, 11) is 0. The minimum absolute atomic E-state index is 0.0726. The van der Waals surface area contributed by atoms with Gasteiger partial charge in [0.15, 0.2) is 6.10 Å². The molecule has 0 aliphatic carbocycles. The Morgan fingerprint density at radius 2 is 0.487 bits per heavy atom. The lowest BCUT2D eigenvalue weighted by atomic mass is 10.0. The first-order valence-electron chi connectivity index (χ1n) is 34.6. The fourth-order valence-electron chi connectivity index (χ4n) is 9.97. The standard InChI is InChI=1S/C74H130O6/c1-4-7-10-13-16-19-21-23-25-27-29-31-32-33-34-35-36-37-38-39-40-41-42-44-45-47-49-51-53-55-58-61-64-67-73(76)79-70-71(69-78-72(75)66-63-60-57-18-15-12-9-6-3)80-74(77)68-65-62-59-56-54-52-50-48-46-43-30-28-26-24-22-20-17-14-11-8-5-2/h7,10,16,19,23,25,28-31,33-34,36-37,71H,4-6,8-9,11-15,17-18,20-22,24,26-27,32,35,38-70H2,1-3H3/b10-7-,19-16-,25-23-,30-28-,31-29-,34-33-,37-36-. The van der Waals surface area contributed by atoms with E-state index >= 15 is 0 Å². The van der Waals surface area contributed by atoms with Crippen molar-refractivity contribution in [1.29, 1.82) is 0 Å². The Labute approximate surface area is 496 Å². The largest absolute Gasteiger partial charge is 0.462 e. The highest BCUT2D eigenvalue weighted by atomic mass is 16.6. The number of carbonyl (C=O) groups excluding carboxylic acids is 3. The van der Waals surface area contributed by atoms with Gasteiger partial charge in [-0.1, -0.05) is 318 Å². The summed E-state index contributed by atoms with van der Waals surface area (Å²) in [6.45, 7) is 6.54. The maximum Gasteiger partial charge on any atom is 0.306 e. The fraction of sp³-hybridized carbons (Fsp3) is 0.770. The molecular weight excluding hydrogens is 985 g/mol. The first-order valence-corrected chi connectivity index (χ1v) is 34.6. The summed E-state index contributed by atoms with van der Waals surface area (Å²) in [4.78, 5) is 38.2. The van der Waals surface area contributed by atoms with Crippen LogP contribution in [-0.2, 0) is 28.6 Å². The van der Waals surface area contributed by atoms with Crippen LogP contribution in [0.5, 0.6) is 0 Å². The van der Waals surface area contributed by atoms with Crippen LogP contribution in [0.4, 0.5) is 0 Å². The van der Waals surface area contributed by atoms with Crippen molar-refractivity contribution >= 4 is 17.9 Å². The van der Waals surface area contributed by atoms with Gasteiger partial charge >= 0.3 is 17.9 Å². The minimum Gasteiger partial charge on any atom is -0.462 e. The van der Waals surface area contributed by atoms with Crippen LogP contribution in [0.25, 0.3) is 0 Å². The number of unbranched alkanes of at least 4 members (excludes halogenated alkanes) is 38. The molecule has 0 aromatic carbocycles. The predicted octanol–water partition coefficient (Wildman–Crippen LogP) is 23.8. The molecule has 6 heteroatoms. The Morgan fingerprint density at radius 1 is 0.263 bits per heavy atom. The molecule has 1 unspecified atom stereocenters. The Morgan fingerprint density at radius 3 is 0.775 bits per heavy atom. The molecule has 0 saturated heterocycles. The number of ether oxygens (including phenoxy) is 3. The molecule has 0 aliphatic rings. The molecule has 0 aromatic heterocycles. The van der Waals surface area contributed by atoms with Gasteiger partial charge in [-0.25, -0.2) is 0 Å². The fourth-order valence-corrected chi connectivity index (χ4v) is 9.97. The summed E-state index contributed by atoms with van der Waals surface area (Å²) in [5, 5.41) is 0. The smallest absolute Gasteiger partial charge is 0.306 e. The molecule has 0 N–H and O–H groups in total. The van der Waals surface area contributed by atoms with Gasteiger partial charge < -0.3 is 14.2 Å². The van der Waals surface area contributed by atoms with E-state index in [2.05, 4.69) is 106 Å². The second kappa shape index (κ2) is 68.1. The van der Waals surface area contributed by atoms with Crippen molar-refractivity contribution in [2.24, 2.45) is 0 Å². The number of allylic oxidation sites excluding steroid dienone is 14. The second-order valence-electron chi connectivity index (χ2n) is 23.1. The molecule has 6 nitrogen and oxygen atoms in total. The zero-order valence-electron chi connectivity index (χ0n) is 53.1. The molecule has 0 bridgehead atoms. The van der Waals surface area contributed by atoms with Crippen LogP contribution >= 0.6 is 0 Å². The van der Waals surface area contributed by atoms with Crippen molar-refractivity contribution in [3.63, 3.8) is 0 Å². The van der Waals surface area contributed by atoms with Crippen molar-refractivity contribution in [2.45, 2.75) is 354 Å². The summed E-state index contributed by atoms with van der Waals surface area (Å²) in [6, 6.07) is 0. The Balaban J connectivity index is 4.09. The van der Waals surface area contributed by atoms with E-state index in [1.807, 2.05) is 0 Å². The second-order valence-corrected chi connectivity index (χ2v) is 23.1. The van der Waals surface area contributed by atoms with E-state index in [-0.39, 0.29) is 31.1 Å². The van der Waals surface area contributed by atoms with Crippen LogP contribution in [0, 0.1) is 0 Å². The average molecular weight is 1120 g/mol. The molecule has 0 radical (unpaired) electrons. The summed E-state index contributed by atoms with van der Waals surface area (Å²) >= 11 is 0. The summed E-state index contributed by atoms with van der Waals surface area (Å²) in [5.41, 5.74) is 0. The molecule has 0 aliphatic heterocycles. The van der Waals surface area contributed by atoms with E-state index in [4.69, 9.17) is 14.2 Å². The van der Waals surface area contributed by atoms with E-state index in [1.165, 1.54) is 212 Å². The monoisotopic (exact) mass is 1110 g/mol. The van der Waals surface area contributed by atoms with Gasteiger partial charge in [-0.05, 0) is 96.3 Å². The van der Waals surface area contributed by atoms with Crippen molar-refractivity contribution in [1.82, 2.24) is 0 Å². The van der Waals surface area contributed by atoms with Crippen LogP contribution in [-0.4, -0.2) is 37.2 Å². The zero-order chi connectivity index (χ0) is 57.8. The third kappa shape index (κ3) is 65.4. The lowest BCUT2D eigenvalue weighted by molar-refractivity contribution is -0.167. The van der Waals surface area contributed by atoms with Crippen molar-refractivity contribution < 1.29 is 28.6 Å². The quantitative estimate of drug-likeness (QED) is 0.0261. The van der Waals surface area contributed by atoms with Crippen molar-refractivity contribution in [3.8, 4) is 0 Å². The third-order valence-corrected chi connectivity index (χ3v) is 15.1. The average Bonchev–Trinajstić information content (AvgIpc) is 3.46. The van der Waals surface area contributed by atoms with Crippen LogP contribution in [0.3, 0.4) is 0 Å². The summed E-state index contributed by atoms with van der Waals surface area (Å²) in [5.74, 6) is -0.863. The van der Waals surface area contributed by atoms with Gasteiger partial charge in [0, 0.05) is 19.3 Å². The number of hydrogen-bond acceptors (Lipinski definition) is 6. The van der Waals surface area contributed by atoms with E-state index in [1.54, 1.807) is 0 Å². The van der Waals surface area contributed by atoms with Crippen LogP contribution in [0.2, 0.25) is 0 Å². The molecule has 0 aromatic rings. The number of hydrogen-bond donors (Lipinski definition) is 0. The number of rotatable bonds is 63. The summed E-state index contributed by atoms with van der Waals surface area (Å²) in [6.07, 6.45) is 90.6. The first-order chi connectivity index (χ1) is 39.5. The maximum absolute atomic E-state index is 12.9. The zero-order valence-corrected chi connectivity index (χ0v) is 53.1. The molecule has 0 rings (SSSR count). The van der Waals surface area contributed by atoms with Gasteiger partial charge in [0.05, 0.1) is 0 Å². The Bertz CT molecular complexity index is 1520. The van der Waals surface area contributed by atoms with Gasteiger partial charge in [-0.2, -0.15) is 0 Å².